The van der Waals surface area contributed by atoms with Crippen molar-refractivity contribution >= 4 is 45.5 Å². The Kier molecular flexibility index (Phi) is 24.6. The SMILES string of the molecule is CC(C)c1cc(C(C)C)c(-c2ccccc2P(C2CCCCC2)C2CCCCC2)c(C(C)C)c1.CC(C)c1cc(C(C)C)c(-c2ccccc2P(C2CCCCC2)C2CCCCC2)c(C(C)C)c1.[Cl][Pd][Cl]. The number of rotatable bonds is 14. The number of benzene rings is 4. The van der Waals surface area contributed by atoms with Gasteiger partial charge in [0.2, 0.25) is 0 Å². The second kappa shape index (κ2) is 29.5. The van der Waals surface area contributed by atoms with Gasteiger partial charge in [0.1, 0.15) is 0 Å². The molecule has 4 aromatic rings. The topological polar surface area (TPSA) is 0 Å². The van der Waals surface area contributed by atoms with E-state index in [1.54, 1.807) is 55.1 Å². The molecule has 4 aromatic carbocycles. The summed E-state index contributed by atoms with van der Waals surface area (Å²) >= 11 is -0.106. The summed E-state index contributed by atoms with van der Waals surface area (Å²) in [4.78, 5) is 0. The number of hydrogen-bond donors (Lipinski definition) is 0. The third-order valence-electron chi connectivity index (χ3n) is 17.0. The van der Waals surface area contributed by atoms with Crippen molar-refractivity contribution in [2.45, 2.75) is 270 Å². The van der Waals surface area contributed by atoms with Crippen LogP contribution >= 0.6 is 34.9 Å². The first-order chi connectivity index (χ1) is 34.2. The second-order valence-electron chi connectivity index (χ2n) is 24.1. The van der Waals surface area contributed by atoms with E-state index in [1.807, 2.05) is 0 Å². The average Bonchev–Trinajstić information content (AvgIpc) is 3.37. The molecule has 0 atom stereocenters. The van der Waals surface area contributed by atoms with Gasteiger partial charge in [-0.05, 0) is 176 Å². The molecule has 4 aliphatic rings. The fraction of sp³-hybridized carbons (Fsp3) is 0.636. The summed E-state index contributed by atoms with van der Waals surface area (Å²) in [7, 11) is 9.39. The molecule has 0 bridgehead atoms. The van der Waals surface area contributed by atoms with Gasteiger partial charge in [0.05, 0.1) is 0 Å². The van der Waals surface area contributed by atoms with Crippen LogP contribution in [0.2, 0.25) is 0 Å². The maximum atomic E-state index is 4.81. The predicted octanol–water partition coefficient (Wildman–Crippen LogP) is 22.4. The molecule has 0 saturated heterocycles. The Hall–Kier alpha value is -1.02. The van der Waals surface area contributed by atoms with Crippen molar-refractivity contribution in [2.24, 2.45) is 0 Å². The Morgan fingerprint density at radius 3 is 0.789 bits per heavy atom. The molecule has 0 heterocycles. The van der Waals surface area contributed by atoms with Crippen LogP contribution in [0, 0.1) is 0 Å². The summed E-state index contributed by atoms with van der Waals surface area (Å²) < 4.78 is 0. The van der Waals surface area contributed by atoms with E-state index in [4.69, 9.17) is 19.1 Å². The molecule has 0 radical (unpaired) electrons. The van der Waals surface area contributed by atoms with Gasteiger partial charge in [-0.25, -0.2) is 0 Å². The van der Waals surface area contributed by atoms with Crippen molar-refractivity contribution in [2.75, 3.05) is 0 Å². The van der Waals surface area contributed by atoms with E-state index in [0.29, 0.717) is 35.5 Å². The van der Waals surface area contributed by atoms with E-state index >= 15 is 0 Å². The normalized spacial score (nSPS) is 18.1. The van der Waals surface area contributed by atoms with E-state index in [2.05, 4.69) is 156 Å². The molecule has 8 rings (SSSR count). The van der Waals surface area contributed by atoms with Crippen molar-refractivity contribution in [3.63, 3.8) is 0 Å². The molecule has 0 unspecified atom stereocenters. The van der Waals surface area contributed by atoms with Gasteiger partial charge in [0.15, 0.2) is 0 Å². The first kappa shape index (κ1) is 59.2. The first-order valence-corrected chi connectivity index (χ1v) is 36.1. The van der Waals surface area contributed by atoms with Crippen LogP contribution in [0.4, 0.5) is 0 Å². The van der Waals surface area contributed by atoms with Crippen molar-refractivity contribution in [1.29, 1.82) is 0 Å². The second-order valence-corrected chi connectivity index (χ2v) is 32.0. The van der Waals surface area contributed by atoms with E-state index in [0.717, 1.165) is 22.6 Å². The first-order valence-electron chi connectivity index (χ1n) is 29.1. The van der Waals surface area contributed by atoms with E-state index in [-0.39, 0.29) is 31.8 Å². The predicted molar refractivity (Wildman–Crippen MR) is 321 cm³/mol. The van der Waals surface area contributed by atoms with Crippen LogP contribution in [0.5, 0.6) is 0 Å². The Morgan fingerprint density at radius 2 is 0.577 bits per heavy atom. The van der Waals surface area contributed by atoms with Crippen molar-refractivity contribution in [3.8, 4) is 22.3 Å². The molecular formula is C66H98Cl2P2Pd. The molecule has 0 spiro atoms. The molecule has 4 aliphatic carbocycles. The van der Waals surface area contributed by atoms with Crippen LogP contribution < -0.4 is 10.6 Å². The maximum absolute atomic E-state index is 4.81. The molecule has 4 fully saturated rings. The van der Waals surface area contributed by atoms with Crippen LogP contribution in [0.25, 0.3) is 22.3 Å². The van der Waals surface area contributed by atoms with Gasteiger partial charge in [-0.1, -0.05) is 249 Å². The van der Waals surface area contributed by atoms with Gasteiger partial charge < -0.3 is 0 Å². The molecule has 0 aromatic heterocycles. The molecule has 5 heteroatoms. The van der Waals surface area contributed by atoms with Gasteiger partial charge in [-0.2, -0.15) is 0 Å². The molecule has 0 amide bonds. The zero-order valence-corrected chi connectivity index (χ0v) is 51.7. The van der Waals surface area contributed by atoms with E-state index < -0.39 is 0 Å². The molecule has 71 heavy (non-hydrogen) atoms. The molecular weight excluding hydrogens is 1030 g/mol. The van der Waals surface area contributed by atoms with Gasteiger partial charge in [-0.3, -0.25) is 0 Å². The monoisotopic (exact) mass is 1130 g/mol. The quantitative estimate of drug-likeness (QED) is 0.0872. The third-order valence-corrected chi connectivity index (χ3v) is 24.1. The van der Waals surface area contributed by atoms with Gasteiger partial charge >= 0.3 is 35.0 Å². The van der Waals surface area contributed by atoms with Crippen LogP contribution in [-0.2, 0) is 15.9 Å². The van der Waals surface area contributed by atoms with Gasteiger partial charge in [-0.15, -0.1) is 0 Å². The third kappa shape index (κ3) is 15.6. The Labute approximate surface area is 456 Å². The van der Waals surface area contributed by atoms with E-state index in [1.165, 1.54) is 140 Å². The molecule has 0 aliphatic heterocycles. The van der Waals surface area contributed by atoms with Crippen LogP contribution in [0.3, 0.4) is 0 Å². The van der Waals surface area contributed by atoms with Crippen LogP contribution in [0.1, 0.15) is 280 Å². The minimum atomic E-state index is -0.120. The summed E-state index contributed by atoms with van der Waals surface area (Å²) in [6.45, 7) is 28.6. The fourth-order valence-corrected chi connectivity index (χ4v) is 21.1. The zero-order chi connectivity index (χ0) is 51.2. The Morgan fingerprint density at radius 1 is 0.352 bits per heavy atom. The Balaban J connectivity index is 0.000000220. The van der Waals surface area contributed by atoms with Crippen molar-refractivity contribution < 1.29 is 15.9 Å². The molecule has 396 valence electrons. The Bertz CT molecular complexity index is 1950. The molecule has 4 saturated carbocycles. The summed E-state index contributed by atoms with van der Waals surface area (Å²) in [6.07, 6.45) is 29.2. The van der Waals surface area contributed by atoms with Gasteiger partial charge in [0, 0.05) is 0 Å². The summed E-state index contributed by atoms with van der Waals surface area (Å²) in [5, 5.41) is 3.50. The van der Waals surface area contributed by atoms with Gasteiger partial charge in [0.25, 0.3) is 0 Å². The summed E-state index contributed by atoms with van der Waals surface area (Å²) in [5.41, 5.74) is 19.4. The van der Waals surface area contributed by atoms with Crippen LogP contribution in [-0.4, -0.2) is 22.6 Å². The summed E-state index contributed by atoms with van der Waals surface area (Å²) in [6, 6.07) is 29.7. The zero-order valence-electron chi connectivity index (χ0n) is 46.8. The minimum absolute atomic E-state index is 0.106. The van der Waals surface area contributed by atoms with Crippen LogP contribution in [0.15, 0.2) is 72.8 Å². The molecule has 0 nitrogen and oxygen atoms in total. The standard InChI is InChI=1S/2C33H49P.2ClH.Pd/c2*1-23(2)26-21-30(24(3)4)33(31(22-26)25(5)6)29-19-13-14-20-32(29)34(27-15-9-7-10-16-27)28-17-11-8-12-18-28;;;/h2*13-14,19-25,27-28H,7-12,15-18H2,1-6H3;2*1H;/q;;;;+2/p-2. The fourth-order valence-electron chi connectivity index (χ4n) is 13.2. The van der Waals surface area contributed by atoms with E-state index in [9.17, 15) is 0 Å². The number of hydrogen-bond acceptors (Lipinski definition) is 0. The summed E-state index contributed by atoms with van der Waals surface area (Å²) in [5.74, 6) is 3.29. The van der Waals surface area contributed by atoms with Crippen molar-refractivity contribution in [1.82, 2.24) is 0 Å². The average molecular weight is 1130 g/mol. The van der Waals surface area contributed by atoms with Crippen molar-refractivity contribution in [3.05, 3.63) is 106 Å². The molecule has 0 N–H and O–H groups in total. The number of halogens is 2.